The van der Waals surface area contributed by atoms with Crippen molar-refractivity contribution < 1.29 is 79.5 Å². The van der Waals surface area contributed by atoms with Gasteiger partial charge in [0.1, 0.15) is 73.2 Å². The van der Waals surface area contributed by atoms with Crippen LogP contribution in [-0.4, -0.2) is 170 Å². The van der Waals surface area contributed by atoms with Gasteiger partial charge in [-0.2, -0.15) is 0 Å². The first-order chi connectivity index (χ1) is 16.5. The predicted octanol–water partition coefficient (Wildman–Crippen LogP) is -6.92. The van der Waals surface area contributed by atoms with Gasteiger partial charge in [-0.05, 0) is 0 Å². The maximum atomic E-state index is 10.5. The molecule has 15 atom stereocenters. The quantitative estimate of drug-likeness (QED) is 0.162. The molecule has 3 heterocycles. The highest BCUT2D eigenvalue weighted by Gasteiger charge is 2.48. The maximum Gasteiger partial charge on any atom is 0.186 e. The van der Waals surface area contributed by atoms with Gasteiger partial charge in [-0.1, -0.05) is 0 Å². The molecular formula is C19H34O16. The normalized spacial score (nSPS) is 52.4. The molecule has 35 heavy (non-hydrogen) atoms. The van der Waals surface area contributed by atoms with Crippen molar-refractivity contribution in [1.29, 1.82) is 0 Å². The van der Waals surface area contributed by atoms with Crippen molar-refractivity contribution >= 4 is 0 Å². The minimum Gasteiger partial charge on any atom is -0.388 e. The first-order valence-corrected chi connectivity index (χ1v) is 11.0. The fourth-order valence-electron chi connectivity index (χ4n) is 3.95. The van der Waals surface area contributed by atoms with Crippen LogP contribution in [0.4, 0.5) is 0 Å². The van der Waals surface area contributed by atoms with Gasteiger partial charge in [0.05, 0.1) is 19.8 Å². The fourth-order valence-corrected chi connectivity index (χ4v) is 3.95. The maximum absolute atomic E-state index is 10.5. The smallest absolute Gasteiger partial charge is 0.186 e. The lowest BCUT2D eigenvalue weighted by atomic mass is 10.0. The van der Waals surface area contributed by atoms with Gasteiger partial charge in [-0.3, -0.25) is 0 Å². The molecule has 0 aliphatic carbocycles. The van der Waals surface area contributed by atoms with E-state index in [9.17, 15) is 51.1 Å². The monoisotopic (exact) mass is 518 g/mol. The second-order valence-corrected chi connectivity index (χ2v) is 8.67. The number of rotatable bonds is 5. The molecule has 0 spiro atoms. The molecule has 0 bridgehead atoms. The van der Waals surface area contributed by atoms with Crippen LogP contribution in [0.2, 0.25) is 0 Å². The third-order valence-electron chi connectivity index (χ3n) is 6.22. The van der Waals surface area contributed by atoms with E-state index in [0.717, 1.165) is 0 Å². The van der Waals surface area contributed by atoms with Gasteiger partial charge in [0.25, 0.3) is 0 Å². The van der Waals surface area contributed by atoms with Crippen LogP contribution in [0, 0.1) is 0 Å². The number of hydrogen-bond acceptors (Lipinski definition) is 16. The zero-order valence-electron chi connectivity index (χ0n) is 18.7. The lowest BCUT2D eigenvalue weighted by Gasteiger charge is -2.31. The molecule has 3 fully saturated rings. The summed E-state index contributed by atoms with van der Waals surface area (Å²) in [6.45, 7) is -1.51. The minimum absolute atomic E-state index is 0.413. The standard InChI is InChI=1S/C19H34O16/c1-30-17-14(27)12(25)9(22)6(3-32-17)35-19-16(29)13(26)10(23)7(4-33-19)34-18-15(28)11(24)8(21)5(20)2-31-18/h5-29H,2-4H2,1H3/t5-,6-,7-,8-,9-,10-,11?,12?,13?,14?,15?,16?,17+,18-,19-/m1/s1. The van der Waals surface area contributed by atoms with E-state index in [-0.39, 0.29) is 0 Å². The molecule has 3 rings (SSSR count). The van der Waals surface area contributed by atoms with E-state index in [2.05, 4.69) is 0 Å². The van der Waals surface area contributed by atoms with Crippen molar-refractivity contribution in [1.82, 2.24) is 0 Å². The van der Waals surface area contributed by atoms with Crippen molar-refractivity contribution in [3.63, 3.8) is 0 Å². The summed E-state index contributed by atoms with van der Waals surface area (Å²) in [5, 5.41) is 101. The van der Waals surface area contributed by atoms with Crippen LogP contribution < -0.4 is 0 Å². The van der Waals surface area contributed by atoms with Crippen molar-refractivity contribution in [2.75, 3.05) is 26.9 Å². The van der Waals surface area contributed by atoms with Gasteiger partial charge in [-0.25, -0.2) is 0 Å². The van der Waals surface area contributed by atoms with E-state index < -0.39 is 112 Å². The number of methoxy groups -OCH3 is 1. The summed E-state index contributed by atoms with van der Waals surface area (Å²) in [6.07, 6.45) is -25.2. The van der Waals surface area contributed by atoms with Crippen LogP contribution in [0.5, 0.6) is 0 Å². The summed E-state index contributed by atoms with van der Waals surface area (Å²) in [5.74, 6) is 0. The van der Waals surface area contributed by atoms with Crippen LogP contribution in [-0.2, 0) is 28.4 Å². The molecule has 0 radical (unpaired) electrons. The molecule has 0 aromatic carbocycles. The van der Waals surface area contributed by atoms with Crippen molar-refractivity contribution in [3.05, 3.63) is 0 Å². The third-order valence-corrected chi connectivity index (χ3v) is 6.22. The Morgan fingerprint density at radius 1 is 0.457 bits per heavy atom. The summed E-state index contributed by atoms with van der Waals surface area (Å²) in [5.41, 5.74) is 0. The number of aliphatic hydroxyl groups excluding tert-OH is 10. The second-order valence-electron chi connectivity index (χ2n) is 8.67. The van der Waals surface area contributed by atoms with Gasteiger partial charge in [0.15, 0.2) is 18.9 Å². The molecule has 206 valence electrons. The highest BCUT2D eigenvalue weighted by atomic mass is 16.7. The van der Waals surface area contributed by atoms with Crippen LogP contribution in [0.15, 0.2) is 0 Å². The lowest BCUT2D eigenvalue weighted by Crippen LogP contribution is -2.52. The zero-order valence-corrected chi connectivity index (χ0v) is 18.7. The first kappa shape index (κ1) is 28.9. The Bertz CT molecular complexity index is 656. The Morgan fingerprint density at radius 2 is 0.829 bits per heavy atom. The van der Waals surface area contributed by atoms with Gasteiger partial charge in [0.2, 0.25) is 0 Å². The molecule has 3 aliphatic rings. The molecule has 3 aliphatic heterocycles. The van der Waals surface area contributed by atoms with Gasteiger partial charge < -0.3 is 79.5 Å². The van der Waals surface area contributed by atoms with Crippen molar-refractivity contribution in [2.24, 2.45) is 0 Å². The summed E-state index contributed by atoms with van der Waals surface area (Å²) < 4.78 is 31.6. The molecule has 10 N–H and O–H groups in total. The summed E-state index contributed by atoms with van der Waals surface area (Å²) >= 11 is 0. The Morgan fingerprint density at radius 3 is 1.29 bits per heavy atom. The molecule has 0 saturated carbocycles. The molecular weight excluding hydrogens is 484 g/mol. The second kappa shape index (κ2) is 12.3. The summed E-state index contributed by atoms with van der Waals surface area (Å²) in [6, 6.07) is 0. The molecule has 0 amide bonds. The molecule has 16 nitrogen and oxygen atoms in total. The average molecular weight is 518 g/mol. The number of aliphatic hydroxyl groups is 10. The number of ether oxygens (including phenoxy) is 6. The topological polar surface area (TPSA) is 258 Å². The third kappa shape index (κ3) is 6.27. The SMILES string of the molecule is CO[C@H]1OC[C@@H](O[C@H]2OC[C@@H](O[C@H]3OC[C@@H](O)[C@@H](O)C(O)C3O)[C@@H](O)C(O)C2O)[C@@H](O)C(O)C1O. The predicted molar refractivity (Wildman–Crippen MR) is 106 cm³/mol. The van der Waals surface area contributed by atoms with E-state index >= 15 is 0 Å². The van der Waals surface area contributed by atoms with Crippen LogP contribution in [0.1, 0.15) is 0 Å². The first-order valence-electron chi connectivity index (χ1n) is 11.0. The van der Waals surface area contributed by atoms with E-state index in [1.165, 1.54) is 7.11 Å². The van der Waals surface area contributed by atoms with E-state index in [1.807, 2.05) is 0 Å². The van der Waals surface area contributed by atoms with Crippen LogP contribution in [0.3, 0.4) is 0 Å². The highest BCUT2D eigenvalue weighted by molar-refractivity contribution is 4.92. The van der Waals surface area contributed by atoms with Crippen LogP contribution >= 0.6 is 0 Å². The van der Waals surface area contributed by atoms with Gasteiger partial charge in [0, 0.05) is 7.11 Å². The number of hydrogen-bond donors (Lipinski definition) is 10. The Hall–Kier alpha value is -0.640. The Labute approximate surface area is 199 Å². The zero-order chi connectivity index (χ0) is 26.0. The molecule has 0 aromatic rings. The lowest BCUT2D eigenvalue weighted by molar-refractivity contribution is -0.264. The van der Waals surface area contributed by atoms with Gasteiger partial charge in [-0.15, -0.1) is 0 Å². The van der Waals surface area contributed by atoms with E-state index in [0.29, 0.717) is 0 Å². The molecule has 6 unspecified atom stereocenters. The molecule has 16 heteroatoms. The fraction of sp³-hybridized carbons (Fsp3) is 1.00. The summed E-state index contributed by atoms with van der Waals surface area (Å²) in [7, 11) is 1.21. The van der Waals surface area contributed by atoms with E-state index in [1.54, 1.807) is 0 Å². The Kier molecular flexibility index (Phi) is 10.1. The van der Waals surface area contributed by atoms with Gasteiger partial charge >= 0.3 is 0 Å². The largest absolute Gasteiger partial charge is 0.388 e. The van der Waals surface area contributed by atoms with Crippen molar-refractivity contribution in [2.45, 2.75) is 92.1 Å². The highest BCUT2D eigenvalue weighted by Crippen LogP contribution is 2.26. The summed E-state index contributed by atoms with van der Waals surface area (Å²) in [4.78, 5) is 0. The average Bonchev–Trinajstić information content (AvgIpc) is 3.06. The van der Waals surface area contributed by atoms with Crippen LogP contribution in [0.25, 0.3) is 0 Å². The van der Waals surface area contributed by atoms with Crippen molar-refractivity contribution in [3.8, 4) is 0 Å². The minimum atomic E-state index is -1.94. The molecule has 0 aromatic heterocycles. The Balaban J connectivity index is 1.68. The molecule has 3 saturated heterocycles. The van der Waals surface area contributed by atoms with E-state index in [4.69, 9.17) is 28.4 Å².